The number of rotatable bonds is 9. The highest BCUT2D eigenvalue weighted by Crippen LogP contribution is 2.17. The normalized spacial score (nSPS) is 11.8. The molecule has 0 heterocycles. The fourth-order valence-corrected chi connectivity index (χ4v) is 2.11. The Morgan fingerprint density at radius 1 is 1.26 bits per heavy atom. The van der Waals surface area contributed by atoms with Gasteiger partial charge in [0.15, 0.2) is 0 Å². The maximum absolute atomic E-state index is 11.8. The van der Waals surface area contributed by atoms with Gasteiger partial charge in [0, 0.05) is 24.8 Å². The van der Waals surface area contributed by atoms with E-state index in [2.05, 4.69) is 5.32 Å². The van der Waals surface area contributed by atoms with Crippen LogP contribution in [-0.2, 0) is 4.79 Å². The van der Waals surface area contributed by atoms with Gasteiger partial charge < -0.3 is 19.9 Å². The second-order valence-electron chi connectivity index (χ2n) is 5.57. The van der Waals surface area contributed by atoms with Crippen LogP contribution in [0.25, 0.3) is 6.08 Å². The molecule has 1 amide bonds. The van der Waals surface area contributed by atoms with E-state index in [9.17, 15) is 20.0 Å². The predicted octanol–water partition coefficient (Wildman–Crippen LogP) is 2.17. The minimum Gasteiger partial charge on any atom is -0.497 e. The maximum Gasteiger partial charge on any atom is 0.270 e. The van der Waals surface area contributed by atoms with E-state index in [1.165, 1.54) is 30.4 Å². The minimum absolute atomic E-state index is 0.00820. The van der Waals surface area contributed by atoms with Gasteiger partial charge in [0.1, 0.15) is 24.2 Å². The van der Waals surface area contributed by atoms with Crippen molar-refractivity contribution in [3.63, 3.8) is 0 Å². The van der Waals surface area contributed by atoms with E-state index in [1.54, 1.807) is 37.4 Å². The summed E-state index contributed by atoms with van der Waals surface area (Å²) >= 11 is 0. The third kappa shape index (κ3) is 6.79. The van der Waals surface area contributed by atoms with Gasteiger partial charge in [-0.25, -0.2) is 0 Å². The fraction of sp³-hybridized carbons (Fsp3) is 0.211. The summed E-state index contributed by atoms with van der Waals surface area (Å²) in [6.45, 7) is 0.0233. The van der Waals surface area contributed by atoms with Crippen molar-refractivity contribution in [2.75, 3.05) is 20.3 Å². The van der Waals surface area contributed by atoms with Crippen molar-refractivity contribution in [1.82, 2.24) is 5.32 Å². The number of carbonyl (C=O) groups excluding carboxylic acids is 1. The molecule has 0 saturated heterocycles. The van der Waals surface area contributed by atoms with Crippen LogP contribution < -0.4 is 14.8 Å². The molecule has 0 saturated carbocycles. The summed E-state index contributed by atoms with van der Waals surface area (Å²) in [4.78, 5) is 22.0. The van der Waals surface area contributed by atoms with E-state index in [0.29, 0.717) is 17.1 Å². The number of nitro groups is 1. The minimum atomic E-state index is -0.887. The summed E-state index contributed by atoms with van der Waals surface area (Å²) in [5.74, 6) is 0.849. The van der Waals surface area contributed by atoms with E-state index in [-0.39, 0.29) is 18.8 Å². The summed E-state index contributed by atoms with van der Waals surface area (Å²) in [5, 5.41) is 23.1. The Hall–Kier alpha value is -3.39. The average molecular weight is 372 g/mol. The van der Waals surface area contributed by atoms with Crippen LogP contribution in [0.3, 0.4) is 0 Å². The first kappa shape index (κ1) is 19.9. The molecule has 0 aliphatic carbocycles. The van der Waals surface area contributed by atoms with Gasteiger partial charge in [-0.1, -0.05) is 12.1 Å². The smallest absolute Gasteiger partial charge is 0.270 e. The average Bonchev–Trinajstić information content (AvgIpc) is 2.69. The molecule has 1 atom stereocenters. The van der Waals surface area contributed by atoms with Gasteiger partial charge in [0.05, 0.1) is 12.0 Å². The van der Waals surface area contributed by atoms with Crippen molar-refractivity contribution in [3.8, 4) is 11.5 Å². The van der Waals surface area contributed by atoms with Gasteiger partial charge >= 0.3 is 0 Å². The Labute approximate surface area is 156 Å². The molecule has 2 N–H and O–H groups in total. The molecule has 8 heteroatoms. The number of ether oxygens (including phenoxy) is 2. The number of aliphatic hydroxyl groups excluding tert-OH is 1. The Balaban J connectivity index is 1.75. The van der Waals surface area contributed by atoms with E-state index in [4.69, 9.17) is 9.47 Å². The Kier molecular flexibility index (Phi) is 7.33. The topological polar surface area (TPSA) is 111 Å². The van der Waals surface area contributed by atoms with E-state index in [1.807, 2.05) is 0 Å². The summed E-state index contributed by atoms with van der Waals surface area (Å²) in [7, 11) is 1.57. The number of hydrogen-bond acceptors (Lipinski definition) is 6. The van der Waals surface area contributed by atoms with Crippen molar-refractivity contribution in [3.05, 3.63) is 70.3 Å². The molecule has 2 aromatic carbocycles. The van der Waals surface area contributed by atoms with Crippen molar-refractivity contribution in [2.45, 2.75) is 6.10 Å². The van der Waals surface area contributed by atoms with Crippen LogP contribution in [0.5, 0.6) is 11.5 Å². The number of hydrogen-bond donors (Lipinski definition) is 2. The molecular formula is C19H20N2O6. The number of non-ortho nitro benzene ring substituents is 1. The summed E-state index contributed by atoms with van der Waals surface area (Å²) in [6, 6.07) is 12.8. The number of benzene rings is 2. The zero-order valence-corrected chi connectivity index (χ0v) is 14.7. The summed E-state index contributed by atoms with van der Waals surface area (Å²) in [6.07, 6.45) is 1.82. The summed E-state index contributed by atoms with van der Waals surface area (Å²) < 4.78 is 10.5. The van der Waals surface area contributed by atoms with Crippen molar-refractivity contribution >= 4 is 17.7 Å². The van der Waals surface area contributed by atoms with E-state index >= 15 is 0 Å². The first-order chi connectivity index (χ1) is 13.0. The Morgan fingerprint density at radius 3 is 2.63 bits per heavy atom. The molecule has 2 rings (SSSR count). The Bertz CT molecular complexity index is 804. The van der Waals surface area contributed by atoms with Gasteiger partial charge in [-0.2, -0.15) is 0 Å². The van der Waals surface area contributed by atoms with Gasteiger partial charge in [-0.15, -0.1) is 0 Å². The lowest BCUT2D eigenvalue weighted by molar-refractivity contribution is -0.384. The SMILES string of the molecule is COc1ccc(OCC(O)CNC(=O)/C=C/c2cccc([N+](=O)[O-])c2)cc1. The molecular weight excluding hydrogens is 352 g/mol. The molecule has 2 aromatic rings. The molecule has 0 radical (unpaired) electrons. The predicted molar refractivity (Wildman–Crippen MR) is 99.6 cm³/mol. The van der Waals surface area contributed by atoms with E-state index in [0.717, 1.165) is 0 Å². The molecule has 0 fully saturated rings. The lowest BCUT2D eigenvalue weighted by Crippen LogP contribution is -2.34. The molecule has 142 valence electrons. The fourth-order valence-electron chi connectivity index (χ4n) is 2.11. The second-order valence-corrected chi connectivity index (χ2v) is 5.57. The first-order valence-electron chi connectivity index (χ1n) is 8.13. The third-order valence-corrected chi connectivity index (χ3v) is 3.52. The lowest BCUT2D eigenvalue weighted by atomic mass is 10.2. The number of nitrogens with zero attached hydrogens (tertiary/aromatic N) is 1. The van der Waals surface area contributed by atoms with Gasteiger partial charge in [0.2, 0.25) is 5.91 Å². The van der Waals surface area contributed by atoms with Gasteiger partial charge in [-0.3, -0.25) is 14.9 Å². The van der Waals surface area contributed by atoms with Crippen LogP contribution in [0.4, 0.5) is 5.69 Å². The maximum atomic E-state index is 11.8. The number of nitro benzene ring substituents is 1. The second kappa shape index (κ2) is 9.93. The molecule has 0 aliphatic rings. The number of amides is 1. The first-order valence-corrected chi connectivity index (χ1v) is 8.13. The zero-order valence-electron chi connectivity index (χ0n) is 14.7. The quantitative estimate of drug-likeness (QED) is 0.396. The molecule has 1 unspecified atom stereocenters. The number of methoxy groups -OCH3 is 1. The lowest BCUT2D eigenvalue weighted by Gasteiger charge is -2.13. The van der Waals surface area contributed by atoms with E-state index < -0.39 is 16.9 Å². The van der Waals surface area contributed by atoms with Crippen LogP contribution in [-0.4, -0.2) is 42.3 Å². The molecule has 0 aromatic heterocycles. The highest BCUT2D eigenvalue weighted by molar-refractivity contribution is 5.91. The monoisotopic (exact) mass is 372 g/mol. The van der Waals surface area contributed by atoms with Crippen LogP contribution in [0.2, 0.25) is 0 Å². The largest absolute Gasteiger partial charge is 0.497 e. The van der Waals surface area contributed by atoms with Crippen LogP contribution >= 0.6 is 0 Å². The van der Waals surface area contributed by atoms with Gasteiger partial charge in [0.25, 0.3) is 5.69 Å². The van der Waals surface area contributed by atoms with Crippen molar-refractivity contribution < 1.29 is 24.3 Å². The van der Waals surface area contributed by atoms with Crippen LogP contribution in [0.1, 0.15) is 5.56 Å². The molecule has 0 spiro atoms. The number of carbonyl (C=O) groups is 1. The molecule has 0 aliphatic heterocycles. The number of nitrogens with one attached hydrogen (secondary N) is 1. The Morgan fingerprint density at radius 2 is 1.96 bits per heavy atom. The molecule has 27 heavy (non-hydrogen) atoms. The highest BCUT2D eigenvalue weighted by Gasteiger charge is 2.07. The zero-order chi connectivity index (χ0) is 19.6. The molecule has 0 bridgehead atoms. The highest BCUT2D eigenvalue weighted by atomic mass is 16.6. The van der Waals surface area contributed by atoms with Crippen LogP contribution in [0, 0.1) is 10.1 Å². The standard InChI is InChI=1S/C19H20N2O6/c1-26-17-6-8-18(9-7-17)27-13-16(22)12-20-19(23)10-5-14-3-2-4-15(11-14)21(24)25/h2-11,16,22H,12-13H2,1H3,(H,20,23)/b10-5+. The van der Waals surface area contributed by atoms with Gasteiger partial charge in [-0.05, 0) is 35.9 Å². The summed E-state index contributed by atoms with van der Waals surface area (Å²) in [5.41, 5.74) is 0.478. The third-order valence-electron chi connectivity index (χ3n) is 3.52. The van der Waals surface area contributed by atoms with Crippen molar-refractivity contribution in [2.24, 2.45) is 0 Å². The number of aliphatic hydroxyl groups is 1. The molecule has 8 nitrogen and oxygen atoms in total. The van der Waals surface area contributed by atoms with Crippen LogP contribution in [0.15, 0.2) is 54.6 Å². The van der Waals surface area contributed by atoms with Crippen molar-refractivity contribution in [1.29, 1.82) is 0 Å².